The molecular weight excluding hydrogens is 314 g/mol. The predicted molar refractivity (Wildman–Crippen MR) is 99.5 cm³/mol. The molecule has 2 atom stereocenters. The molecule has 0 aliphatic carbocycles. The van der Waals surface area contributed by atoms with Crippen LogP contribution in [0.15, 0.2) is 12.1 Å². The van der Waals surface area contributed by atoms with Crippen molar-refractivity contribution in [1.82, 2.24) is 4.90 Å². The van der Waals surface area contributed by atoms with Gasteiger partial charge in [0, 0.05) is 25.6 Å². The number of nitrogens with zero attached hydrogens (tertiary/aromatic N) is 1. The molecule has 1 fully saturated rings. The average Bonchev–Trinajstić information content (AvgIpc) is 3.20. The van der Waals surface area contributed by atoms with Crippen molar-refractivity contribution in [2.75, 3.05) is 19.9 Å². The van der Waals surface area contributed by atoms with Gasteiger partial charge in [0.15, 0.2) is 11.5 Å². The summed E-state index contributed by atoms with van der Waals surface area (Å²) in [5, 5.41) is 0. The summed E-state index contributed by atoms with van der Waals surface area (Å²) in [5.74, 6) is 2.66. The maximum Gasteiger partial charge on any atom is 0.231 e. The summed E-state index contributed by atoms with van der Waals surface area (Å²) in [5.41, 5.74) is 2.65. The van der Waals surface area contributed by atoms with E-state index in [1.807, 2.05) is 0 Å². The van der Waals surface area contributed by atoms with Crippen LogP contribution in [0.3, 0.4) is 0 Å². The van der Waals surface area contributed by atoms with Crippen LogP contribution in [0.25, 0.3) is 0 Å². The van der Waals surface area contributed by atoms with Crippen LogP contribution >= 0.6 is 0 Å². The number of hydrogen-bond acceptors (Lipinski definition) is 4. The van der Waals surface area contributed by atoms with E-state index in [9.17, 15) is 4.79 Å². The zero-order valence-electron chi connectivity index (χ0n) is 15.8. The van der Waals surface area contributed by atoms with E-state index in [-0.39, 0.29) is 5.78 Å². The van der Waals surface area contributed by atoms with Gasteiger partial charge in [0.2, 0.25) is 6.79 Å². The van der Waals surface area contributed by atoms with Gasteiger partial charge in [-0.1, -0.05) is 32.8 Å². The van der Waals surface area contributed by atoms with Crippen LogP contribution < -0.4 is 9.47 Å². The average molecular weight is 345 g/mol. The number of likely N-dealkylation sites (tertiary alicyclic amines) is 1. The Hall–Kier alpha value is -1.55. The molecule has 0 bridgehead atoms. The maximum atomic E-state index is 11.4. The zero-order valence-corrected chi connectivity index (χ0v) is 15.8. The number of carbonyl (C=O) groups is 1. The van der Waals surface area contributed by atoms with E-state index in [1.165, 1.54) is 30.4 Å². The summed E-state index contributed by atoms with van der Waals surface area (Å²) in [6.45, 7) is 8.41. The Labute approximate surface area is 151 Å². The molecule has 1 aromatic carbocycles. The third-order valence-corrected chi connectivity index (χ3v) is 5.46. The van der Waals surface area contributed by atoms with E-state index < -0.39 is 0 Å². The highest BCUT2D eigenvalue weighted by atomic mass is 16.7. The van der Waals surface area contributed by atoms with Gasteiger partial charge in [0.05, 0.1) is 0 Å². The molecule has 2 heterocycles. The quantitative estimate of drug-likeness (QED) is 0.704. The van der Waals surface area contributed by atoms with Gasteiger partial charge < -0.3 is 9.47 Å². The minimum Gasteiger partial charge on any atom is -0.454 e. The normalized spacial score (nSPS) is 22.5. The smallest absolute Gasteiger partial charge is 0.231 e. The van der Waals surface area contributed by atoms with Crippen LogP contribution in [0.4, 0.5) is 0 Å². The maximum absolute atomic E-state index is 11.4. The highest BCUT2D eigenvalue weighted by Crippen LogP contribution is 2.42. The van der Waals surface area contributed by atoms with E-state index in [1.54, 1.807) is 6.92 Å². The van der Waals surface area contributed by atoms with Gasteiger partial charge in [-0.25, -0.2) is 0 Å². The summed E-state index contributed by atoms with van der Waals surface area (Å²) in [6.07, 6.45) is 6.37. The lowest BCUT2D eigenvalue weighted by molar-refractivity contribution is -0.117. The van der Waals surface area contributed by atoms with Gasteiger partial charge in [-0.3, -0.25) is 9.69 Å². The molecule has 4 nitrogen and oxygen atoms in total. The van der Waals surface area contributed by atoms with Gasteiger partial charge in [-0.15, -0.1) is 0 Å². The Bertz CT molecular complexity index is 613. The number of aryl methyl sites for hydroxylation is 1. The number of fused-ring (bicyclic) bond motifs is 1. The Morgan fingerprint density at radius 1 is 1.24 bits per heavy atom. The molecule has 138 valence electrons. The molecular formula is C21H31NO3. The van der Waals surface area contributed by atoms with E-state index in [0.717, 1.165) is 37.4 Å². The number of hydrogen-bond donors (Lipinski definition) is 0. The molecule has 0 N–H and O–H groups in total. The third-order valence-electron chi connectivity index (χ3n) is 5.46. The second-order valence-corrected chi connectivity index (χ2v) is 7.49. The zero-order chi connectivity index (χ0) is 17.8. The van der Waals surface area contributed by atoms with Crippen LogP contribution in [0.2, 0.25) is 0 Å². The highest BCUT2D eigenvalue weighted by molar-refractivity contribution is 5.75. The molecule has 25 heavy (non-hydrogen) atoms. The first-order valence-corrected chi connectivity index (χ1v) is 9.78. The van der Waals surface area contributed by atoms with Crippen molar-refractivity contribution in [2.24, 2.45) is 0 Å². The van der Waals surface area contributed by atoms with Crippen LogP contribution in [-0.4, -0.2) is 36.6 Å². The van der Waals surface area contributed by atoms with E-state index in [4.69, 9.17) is 9.47 Å². The molecule has 0 amide bonds. The molecule has 4 heteroatoms. The molecule has 1 aromatic rings. The predicted octanol–water partition coefficient (Wildman–Crippen LogP) is 4.30. The largest absolute Gasteiger partial charge is 0.454 e. The van der Waals surface area contributed by atoms with Gasteiger partial charge in [-0.2, -0.15) is 0 Å². The Balaban J connectivity index is 1.79. The molecule has 0 spiro atoms. The Morgan fingerprint density at radius 3 is 2.80 bits per heavy atom. The standard InChI is InChI=1S/C21H31NO3/c1-4-6-16-10-17(12-20-21(16)25-14-24-20)18-11-19(7-5-2)22(13-18)9-8-15(3)23/h10,12,18-19H,4-9,11,13-14H2,1-3H3. The van der Waals surface area contributed by atoms with Gasteiger partial charge >= 0.3 is 0 Å². The summed E-state index contributed by atoms with van der Waals surface area (Å²) < 4.78 is 11.4. The lowest BCUT2D eigenvalue weighted by Crippen LogP contribution is -2.31. The van der Waals surface area contributed by atoms with Crippen molar-refractivity contribution in [3.05, 3.63) is 23.3 Å². The molecule has 2 unspecified atom stereocenters. The van der Waals surface area contributed by atoms with E-state index in [0.29, 0.717) is 25.2 Å². The first-order chi connectivity index (χ1) is 12.1. The van der Waals surface area contributed by atoms with Crippen LogP contribution in [0, 0.1) is 0 Å². The van der Waals surface area contributed by atoms with Gasteiger partial charge in [-0.05, 0) is 49.3 Å². The molecule has 0 saturated carbocycles. The van der Waals surface area contributed by atoms with E-state index >= 15 is 0 Å². The molecule has 1 saturated heterocycles. The molecule has 0 aromatic heterocycles. The number of carbonyl (C=O) groups excluding carboxylic acids is 1. The lowest BCUT2D eigenvalue weighted by Gasteiger charge is -2.23. The monoisotopic (exact) mass is 345 g/mol. The second kappa shape index (κ2) is 8.22. The molecule has 0 radical (unpaired) electrons. The minimum absolute atomic E-state index is 0.284. The summed E-state index contributed by atoms with van der Waals surface area (Å²) in [4.78, 5) is 13.9. The highest BCUT2D eigenvalue weighted by Gasteiger charge is 2.33. The first kappa shape index (κ1) is 18.2. The number of Topliss-reactive ketones (excluding diaryl/α,β-unsaturated/α-hetero) is 1. The summed E-state index contributed by atoms with van der Waals surface area (Å²) >= 11 is 0. The van der Waals surface area contributed by atoms with Crippen molar-refractivity contribution in [3.63, 3.8) is 0 Å². The van der Waals surface area contributed by atoms with E-state index in [2.05, 4.69) is 30.9 Å². The Kier molecular flexibility index (Phi) is 6.00. The third kappa shape index (κ3) is 4.17. The van der Waals surface area contributed by atoms with Gasteiger partial charge in [0.25, 0.3) is 0 Å². The Morgan fingerprint density at radius 2 is 2.08 bits per heavy atom. The summed E-state index contributed by atoms with van der Waals surface area (Å²) in [6, 6.07) is 5.11. The van der Waals surface area contributed by atoms with Gasteiger partial charge in [0.1, 0.15) is 5.78 Å². The molecule has 2 aliphatic rings. The fourth-order valence-corrected chi connectivity index (χ4v) is 4.23. The molecule has 3 rings (SSSR count). The van der Waals surface area contributed by atoms with Crippen LogP contribution in [0.1, 0.15) is 69.9 Å². The van der Waals surface area contributed by atoms with Crippen molar-refractivity contribution in [2.45, 2.75) is 71.3 Å². The first-order valence-electron chi connectivity index (χ1n) is 9.78. The van der Waals surface area contributed by atoms with Crippen molar-refractivity contribution in [1.29, 1.82) is 0 Å². The SMILES string of the molecule is CCCc1cc(C2CC(CCC)N(CCC(C)=O)C2)cc2c1OCO2. The number of ketones is 1. The topological polar surface area (TPSA) is 38.8 Å². The molecule has 2 aliphatic heterocycles. The van der Waals surface area contributed by atoms with Crippen LogP contribution in [-0.2, 0) is 11.2 Å². The minimum atomic E-state index is 0.284. The summed E-state index contributed by atoms with van der Waals surface area (Å²) in [7, 11) is 0. The fourth-order valence-electron chi connectivity index (χ4n) is 4.23. The fraction of sp³-hybridized carbons (Fsp3) is 0.667. The van der Waals surface area contributed by atoms with Crippen molar-refractivity contribution >= 4 is 5.78 Å². The second-order valence-electron chi connectivity index (χ2n) is 7.49. The van der Waals surface area contributed by atoms with Crippen LogP contribution in [0.5, 0.6) is 11.5 Å². The number of benzene rings is 1. The lowest BCUT2D eigenvalue weighted by atomic mass is 9.92. The van der Waals surface area contributed by atoms with Crippen molar-refractivity contribution < 1.29 is 14.3 Å². The number of ether oxygens (including phenoxy) is 2. The number of rotatable bonds is 8. The van der Waals surface area contributed by atoms with Crippen molar-refractivity contribution in [3.8, 4) is 11.5 Å².